The molecule has 2 aromatic carbocycles. The lowest BCUT2D eigenvalue weighted by Crippen LogP contribution is -2.30. The highest BCUT2D eigenvalue weighted by atomic mass is 16.5. The van der Waals surface area contributed by atoms with Gasteiger partial charge in [0.05, 0.1) is 17.7 Å². The Kier molecular flexibility index (Phi) is 3.37. The van der Waals surface area contributed by atoms with E-state index >= 15 is 0 Å². The number of fused-ring (bicyclic) bond motifs is 3. The monoisotopic (exact) mass is 283 g/mol. The second kappa shape index (κ2) is 5.20. The van der Waals surface area contributed by atoms with Gasteiger partial charge in [0.15, 0.2) is 0 Å². The molecule has 0 saturated heterocycles. The molecule has 0 saturated carbocycles. The van der Waals surface area contributed by atoms with E-state index in [1.807, 2.05) is 38.1 Å². The van der Waals surface area contributed by atoms with Crippen LogP contribution in [0.25, 0.3) is 10.8 Å². The lowest BCUT2D eigenvalue weighted by atomic mass is 9.99. The summed E-state index contributed by atoms with van der Waals surface area (Å²) in [6.07, 6.45) is 0.752. The van der Waals surface area contributed by atoms with Gasteiger partial charge in [-0.25, -0.2) is 0 Å². The maximum Gasteiger partial charge on any atom is 0.262 e. The molecule has 1 aliphatic heterocycles. The molecule has 0 aromatic heterocycles. The van der Waals surface area contributed by atoms with Gasteiger partial charge in [0, 0.05) is 11.9 Å². The lowest BCUT2D eigenvalue weighted by molar-refractivity contribution is 0.0655. The Morgan fingerprint density at radius 2 is 1.76 bits per heavy atom. The molecule has 2 aromatic rings. The Balaban J connectivity index is 2.27. The molecule has 108 valence electrons. The average Bonchev–Trinajstić information content (AvgIpc) is 2.73. The Bertz CT molecular complexity index is 736. The lowest BCUT2D eigenvalue weighted by Gasteiger charge is -2.11. The van der Waals surface area contributed by atoms with Crippen molar-refractivity contribution in [2.75, 3.05) is 13.2 Å². The van der Waals surface area contributed by atoms with Crippen molar-refractivity contribution in [3.63, 3.8) is 0 Å². The second-order valence-electron chi connectivity index (χ2n) is 5.04. The van der Waals surface area contributed by atoms with Gasteiger partial charge in [-0.3, -0.25) is 14.5 Å². The molecule has 3 rings (SSSR count). The second-order valence-corrected chi connectivity index (χ2v) is 5.04. The summed E-state index contributed by atoms with van der Waals surface area (Å²) in [5.41, 5.74) is 0.961. The summed E-state index contributed by atoms with van der Waals surface area (Å²) in [5.74, 6) is 0.242. The van der Waals surface area contributed by atoms with Crippen molar-refractivity contribution in [2.45, 2.75) is 20.3 Å². The molecule has 4 heteroatoms. The summed E-state index contributed by atoms with van der Waals surface area (Å²) in [6.45, 7) is 4.82. The minimum absolute atomic E-state index is 0.198. The molecule has 0 atom stereocenters. The van der Waals surface area contributed by atoms with E-state index in [1.165, 1.54) is 4.90 Å². The SMILES string of the molecule is CCCN1C(=O)c2cc(OCC)c3ccccc3c2C1=O. The highest BCUT2D eigenvalue weighted by molar-refractivity contribution is 6.27. The number of hydrogen-bond acceptors (Lipinski definition) is 3. The van der Waals surface area contributed by atoms with Crippen LogP contribution in [0, 0.1) is 0 Å². The summed E-state index contributed by atoms with van der Waals surface area (Å²) < 4.78 is 5.64. The van der Waals surface area contributed by atoms with E-state index in [9.17, 15) is 9.59 Å². The van der Waals surface area contributed by atoms with E-state index in [4.69, 9.17) is 4.74 Å². The van der Waals surface area contributed by atoms with Crippen LogP contribution in [0.1, 0.15) is 41.0 Å². The van der Waals surface area contributed by atoms with Crippen LogP contribution in [-0.2, 0) is 0 Å². The summed E-state index contributed by atoms with van der Waals surface area (Å²) in [6, 6.07) is 9.27. The fraction of sp³-hybridized carbons (Fsp3) is 0.294. The zero-order valence-electron chi connectivity index (χ0n) is 12.2. The maximum atomic E-state index is 12.5. The number of benzene rings is 2. The van der Waals surface area contributed by atoms with Crippen molar-refractivity contribution < 1.29 is 14.3 Å². The molecule has 21 heavy (non-hydrogen) atoms. The van der Waals surface area contributed by atoms with Crippen molar-refractivity contribution >= 4 is 22.6 Å². The van der Waals surface area contributed by atoms with Crippen LogP contribution in [-0.4, -0.2) is 29.9 Å². The van der Waals surface area contributed by atoms with Crippen LogP contribution in [0.4, 0.5) is 0 Å². The smallest absolute Gasteiger partial charge is 0.262 e. The molecule has 2 amide bonds. The normalized spacial score (nSPS) is 13.9. The van der Waals surface area contributed by atoms with Gasteiger partial charge in [0.25, 0.3) is 11.8 Å². The standard InChI is InChI=1S/C17H17NO3/c1-3-9-18-16(19)13-10-14(21-4-2)11-7-5-6-8-12(11)15(13)17(18)20/h5-8,10H,3-4,9H2,1-2H3. The third kappa shape index (κ3) is 1.98. The van der Waals surface area contributed by atoms with Crippen LogP contribution in [0.2, 0.25) is 0 Å². The van der Waals surface area contributed by atoms with Gasteiger partial charge >= 0.3 is 0 Å². The predicted octanol–water partition coefficient (Wildman–Crippen LogP) is 3.24. The molecule has 1 aliphatic rings. The van der Waals surface area contributed by atoms with Crippen LogP contribution >= 0.6 is 0 Å². The maximum absolute atomic E-state index is 12.5. The number of imide groups is 1. The zero-order chi connectivity index (χ0) is 15.0. The number of nitrogens with zero attached hydrogens (tertiary/aromatic N) is 1. The summed E-state index contributed by atoms with van der Waals surface area (Å²) >= 11 is 0. The first-order chi connectivity index (χ1) is 10.2. The molecular formula is C17H17NO3. The highest BCUT2D eigenvalue weighted by Gasteiger charge is 2.37. The average molecular weight is 283 g/mol. The molecule has 0 aliphatic carbocycles. The molecule has 0 unspecified atom stereocenters. The number of ether oxygens (including phenoxy) is 1. The molecule has 4 nitrogen and oxygen atoms in total. The first kappa shape index (κ1) is 13.6. The third-order valence-corrected chi connectivity index (χ3v) is 3.69. The van der Waals surface area contributed by atoms with Crippen LogP contribution in [0.5, 0.6) is 5.75 Å². The van der Waals surface area contributed by atoms with Crippen LogP contribution in [0.3, 0.4) is 0 Å². The fourth-order valence-electron chi connectivity index (χ4n) is 2.82. The van der Waals surface area contributed by atoms with Gasteiger partial charge in [0.2, 0.25) is 0 Å². The summed E-state index contributed by atoms with van der Waals surface area (Å²) in [5, 5.41) is 1.66. The first-order valence-corrected chi connectivity index (χ1v) is 7.23. The van der Waals surface area contributed by atoms with Gasteiger partial charge in [0.1, 0.15) is 5.75 Å². The van der Waals surface area contributed by atoms with Gasteiger partial charge in [-0.05, 0) is 24.8 Å². The molecule has 0 bridgehead atoms. The molecule has 0 N–H and O–H groups in total. The molecular weight excluding hydrogens is 266 g/mol. The van der Waals surface area contributed by atoms with Crippen molar-refractivity contribution in [3.8, 4) is 5.75 Å². The van der Waals surface area contributed by atoms with E-state index in [2.05, 4.69) is 0 Å². The predicted molar refractivity (Wildman–Crippen MR) is 80.8 cm³/mol. The Hall–Kier alpha value is -2.36. The Morgan fingerprint density at radius 1 is 1.05 bits per heavy atom. The van der Waals surface area contributed by atoms with Crippen molar-refractivity contribution in [1.82, 2.24) is 4.90 Å². The number of carbonyl (C=O) groups is 2. The largest absolute Gasteiger partial charge is 0.493 e. The first-order valence-electron chi connectivity index (χ1n) is 7.23. The third-order valence-electron chi connectivity index (χ3n) is 3.69. The molecule has 0 spiro atoms. The molecule has 0 fully saturated rings. The number of rotatable bonds is 4. The van der Waals surface area contributed by atoms with Gasteiger partial charge in [-0.1, -0.05) is 31.2 Å². The van der Waals surface area contributed by atoms with Gasteiger partial charge in [-0.2, -0.15) is 0 Å². The number of carbonyl (C=O) groups excluding carboxylic acids is 2. The zero-order valence-corrected chi connectivity index (χ0v) is 12.2. The number of amides is 2. The van der Waals surface area contributed by atoms with Crippen LogP contribution < -0.4 is 4.74 Å². The Morgan fingerprint density at radius 3 is 2.43 bits per heavy atom. The van der Waals surface area contributed by atoms with E-state index in [1.54, 1.807) is 6.07 Å². The summed E-state index contributed by atoms with van der Waals surface area (Å²) in [7, 11) is 0. The topological polar surface area (TPSA) is 46.6 Å². The van der Waals surface area contributed by atoms with Crippen molar-refractivity contribution in [3.05, 3.63) is 41.5 Å². The van der Waals surface area contributed by atoms with E-state index in [-0.39, 0.29) is 11.8 Å². The fourth-order valence-corrected chi connectivity index (χ4v) is 2.82. The van der Waals surface area contributed by atoms with Gasteiger partial charge < -0.3 is 4.74 Å². The van der Waals surface area contributed by atoms with E-state index in [0.29, 0.717) is 30.0 Å². The van der Waals surface area contributed by atoms with E-state index < -0.39 is 0 Å². The molecule has 0 radical (unpaired) electrons. The van der Waals surface area contributed by atoms with Crippen molar-refractivity contribution in [2.24, 2.45) is 0 Å². The quantitative estimate of drug-likeness (QED) is 0.809. The van der Waals surface area contributed by atoms with E-state index in [0.717, 1.165) is 17.2 Å². The highest BCUT2D eigenvalue weighted by Crippen LogP contribution is 2.36. The summed E-state index contributed by atoms with van der Waals surface area (Å²) in [4.78, 5) is 26.3. The Labute approximate surface area is 123 Å². The number of hydrogen-bond donors (Lipinski definition) is 0. The minimum atomic E-state index is -0.219. The van der Waals surface area contributed by atoms with Gasteiger partial charge in [-0.15, -0.1) is 0 Å². The van der Waals surface area contributed by atoms with Crippen molar-refractivity contribution in [1.29, 1.82) is 0 Å². The minimum Gasteiger partial charge on any atom is -0.493 e. The molecule has 1 heterocycles. The van der Waals surface area contributed by atoms with Crippen LogP contribution in [0.15, 0.2) is 30.3 Å².